The van der Waals surface area contributed by atoms with E-state index in [0.29, 0.717) is 34.5 Å². The predicted octanol–water partition coefficient (Wildman–Crippen LogP) is 4.22. The summed E-state index contributed by atoms with van der Waals surface area (Å²) in [5.74, 6) is 0.692. The number of nitrogens with one attached hydrogen (secondary N) is 2. The second-order valence-electron chi connectivity index (χ2n) is 11.0. The number of ketones is 1. The van der Waals surface area contributed by atoms with Gasteiger partial charge in [-0.15, -0.1) is 0 Å². The van der Waals surface area contributed by atoms with Crippen LogP contribution < -0.4 is 21.3 Å². The average Bonchev–Trinajstić information content (AvgIpc) is 3.69. The van der Waals surface area contributed by atoms with E-state index in [-0.39, 0.29) is 29.7 Å². The van der Waals surface area contributed by atoms with E-state index in [1.165, 1.54) is 0 Å². The van der Waals surface area contributed by atoms with Crippen LogP contribution in [0.1, 0.15) is 95.4 Å². The summed E-state index contributed by atoms with van der Waals surface area (Å²) in [5, 5.41) is 6.58. The lowest BCUT2D eigenvalue weighted by molar-refractivity contribution is 0.0923. The second-order valence-corrected chi connectivity index (χ2v) is 11.0. The summed E-state index contributed by atoms with van der Waals surface area (Å²) in [4.78, 5) is 44.7. The first-order chi connectivity index (χ1) is 17.7. The third-order valence-electron chi connectivity index (χ3n) is 8.20. The number of hydrogen-bond donors (Lipinski definition) is 3. The molecule has 196 valence electrons. The van der Waals surface area contributed by atoms with Gasteiger partial charge in [0.15, 0.2) is 5.78 Å². The van der Waals surface area contributed by atoms with Gasteiger partial charge in [0.25, 0.3) is 11.8 Å². The fraction of sp³-hybridized carbons (Fsp3) is 0.517. The smallest absolute Gasteiger partial charge is 0.251 e. The van der Waals surface area contributed by atoms with Gasteiger partial charge in [-0.1, -0.05) is 6.92 Å². The lowest BCUT2D eigenvalue weighted by atomic mass is 9.95. The van der Waals surface area contributed by atoms with E-state index in [1.54, 1.807) is 18.3 Å². The first-order valence-electron chi connectivity index (χ1n) is 13.6. The zero-order valence-electron chi connectivity index (χ0n) is 21.9. The van der Waals surface area contributed by atoms with Crippen molar-refractivity contribution in [1.29, 1.82) is 0 Å². The number of fused-ring (bicyclic) bond motifs is 2. The Balaban J connectivity index is 1.27. The molecule has 2 amide bonds. The van der Waals surface area contributed by atoms with Crippen LogP contribution in [0.15, 0.2) is 30.5 Å². The molecule has 1 aromatic carbocycles. The molecule has 8 nitrogen and oxygen atoms in total. The number of Topliss-reactive ketones (excluding diaryl/α,β-unsaturated/α-hetero) is 1. The minimum Gasteiger partial charge on any atom is -0.382 e. The minimum atomic E-state index is -0.511. The van der Waals surface area contributed by atoms with E-state index >= 15 is 0 Å². The van der Waals surface area contributed by atoms with Crippen molar-refractivity contribution in [3.8, 4) is 0 Å². The zero-order chi connectivity index (χ0) is 26.3. The zero-order valence-corrected chi connectivity index (χ0v) is 21.9. The molecule has 37 heavy (non-hydrogen) atoms. The van der Waals surface area contributed by atoms with Gasteiger partial charge in [-0.25, -0.2) is 4.98 Å². The van der Waals surface area contributed by atoms with Crippen molar-refractivity contribution in [3.05, 3.63) is 52.7 Å². The molecule has 0 radical (unpaired) electrons. The Hall–Kier alpha value is -3.42. The van der Waals surface area contributed by atoms with Crippen LogP contribution in [0.4, 0.5) is 11.5 Å². The molecular weight excluding hydrogens is 466 g/mol. The molecule has 1 saturated carbocycles. The summed E-state index contributed by atoms with van der Waals surface area (Å²) in [6.07, 6.45) is 8.43. The molecule has 2 unspecified atom stereocenters. The highest BCUT2D eigenvalue weighted by molar-refractivity contribution is 6.03. The molecule has 1 aliphatic carbocycles. The van der Waals surface area contributed by atoms with Crippen LogP contribution in [0.2, 0.25) is 0 Å². The molecule has 1 aromatic heterocycles. The number of carbonyl (C=O) groups excluding carboxylic acids is 3. The van der Waals surface area contributed by atoms with E-state index in [1.807, 2.05) is 26.0 Å². The highest BCUT2D eigenvalue weighted by atomic mass is 16.2. The molecule has 3 fully saturated rings. The Morgan fingerprint density at radius 1 is 1.08 bits per heavy atom. The lowest BCUT2D eigenvalue weighted by Gasteiger charge is -2.40. The normalized spacial score (nSPS) is 23.4. The van der Waals surface area contributed by atoms with Crippen molar-refractivity contribution in [2.24, 2.45) is 11.7 Å². The van der Waals surface area contributed by atoms with Gasteiger partial charge in [0.05, 0.1) is 5.56 Å². The maximum absolute atomic E-state index is 13.4. The molecule has 2 saturated heterocycles. The minimum absolute atomic E-state index is 0.0677. The third kappa shape index (κ3) is 5.20. The molecule has 2 aliphatic heterocycles. The highest BCUT2D eigenvalue weighted by Gasteiger charge is 2.42. The van der Waals surface area contributed by atoms with Gasteiger partial charge in [0.1, 0.15) is 5.82 Å². The van der Waals surface area contributed by atoms with Gasteiger partial charge in [-0.2, -0.15) is 0 Å². The van der Waals surface area contributed by atoms with Crippen molar-refractivity contribution in [2.75, 3.05) is 10.2 Å². The number of benzene rings is 1. The maximum atomic E-state index is 13.4. The molecule has 5 rings (SSSR count). The largest absolute Gasteiger partial charge is 0.382 e. The Kier molecular flexibility index (Phi) is 6.92. The monoisotopic (exact) mass is 503 g/mol. The van der Waals surface area contributed by atoms with Crippen LogP contribution in [0.25, 0.3) is 0 Å². The van der Waals surface area contributed by atoms with Crippen LogP contribution >= 0.6 is 0 Å². The summed E-state index contributed by atoms with van der Waals surface area (Å²) in [7, 11) is 0. The second kappa shape index (κ2) is 10.1. The summed E-state index contributed by atoms with van der Waals surface area (Å²) in [5.41, 5.74) is 8.60. The van der Waals surface area contributed by atoms with Crippen LogP contribution in [0.5, 0.6) is 0 Å². The Morgan fingerprint density at radius 3 is 2.35 bits per heavy atom. The molecule has 3 heterocycles. The van der Waals surface area contributed by atoms with Gasteiger partial charge in [0.2, 0.25) is 0 Å². The SMILES string of the molecule is CCC(C)Nc1cc(C(=O)NC2C[C@H]3CC[C@@H](C2)N3c2ccc(C(=O)C3CC3)cn2)c(C)cc1C(N)=O. The van der Waals surface area contributed by atoms with E-state index in [4.69, 9.17) is 5.73 Å². The van der Waals surface area contributed by atoms with E-state index < -0.39 is 5.91 Å². The van der Waals surface area contributed by atoms with Gasteiger partial charge in [-0.05, 0) is 88.6 Å². The standard InChI is InChI=1S/C29H37N5O3/c1-4-17(3)32-25-14-23(16(2)11-24(25)28(30)36)29(37)33-20-12-21-8-9-22(13-20)34(21)26-10-7-19(15-31-26)27(35)18-5-6-18/h7,10-11,14-15,17-18,20-22,32H,4-6,8-9,12-13H2,1-3H3,(H2,30,36)(H,33,37)/t17?,20?,21-,22+. The van der Waals surface area contributed by atoms with E-state index in [0.717, 1.165) is 56.3 Å². The maximum Gasteiger partial charge on any atom is 0.251 e. The number of nitrogens with zero attached hydrogens (tertiary/aromatic N) is 2. The average molecular weight is 504 g/mol. The molecular formula is C29H37N5O3. The first kappa shape index (κ1) is 25.2. The van der Waals surface area contributed by atoms with Crippen molar-refractivity contribution >= 4 is 29.1 Å². The molecule has 4 N–H and O–H groups in total. The molecule has 2 bridgehead atoms. The topological polar surface area (TPSA) is 117 Å². The van der Waals surface area contributed by atoms with Crippen LogP contribution in [-0.2, 0) is 0 Å². The van der Waals surface area contributed by atoms with Crippen LogP contribution in [0.3, 0.4) is 0 Å². The third-order valence-corrected chi connectivity index (χ3v) is 8.20. The summed E-state index contributed by atoms with van der Waals surface area (Å²) in [6, 6.07) is 8.19. The van der Waals surface area contributed by atoms with Crippen molar-refractivity contribution in [2.45, 2.75) is 89.9 Å². The molecule has 8 heteroatoms. The number of carbonyl (C=O) groups is 3. The number of aryl methyl sites for hydroxylation is 1. The van der Waals surface area contributed by atoms with Crippen molar-refractivity contribution in [1.82, 2.24) is 10.3 Å². The number of anilines is 2. The molecule has 0 spiro atoms. The van der Waals surface area contributed by atoms with Gasteiger partial charge in [0, 0.05) is 53.1 Å². The molecule has 2 aromatic rings. The van der Waals surface area contributed by atoms with Gasteiger partial charge < -0.3 is 21.3 Å². The van der Waals surface area contributed by atoms with E-state index in [9.17, 15) is 14.4 Å². The first-order valence-corrected chi connectivity index (χ1v) is 13.6. The highest BCUT2D eigenvalue weighted by Crippen LogP contribution is 2.39. The lowest BCUT2D eigenvalue weighted by Crippen LogP contribution is -2.50. The number of pyridine rings is 1. The van der Waals surface area contributed by atoms with Crippen LogP contribution in [0, 0.1) is 12.8 Å². The number of rotatable bonds is 9. The van der Waals surface area contributed by atoms with Gasteiger partial charge in [-0.3, -0.25) is 14.4 Å². The molecule has 3 aliphatic rings. The number of aromatic nitrogens is 1. The summed E-state index contributed by atoms with van der Waals surface area (Å²) < 4.78 is 0. The number of primary amides is 1. The Bertz CT molecular complexity index is 1190. The number of piperidine rings is 1. The fourth-order valence-corrected chi connectivity index (χ4v) is 5.84. The number of hydrogen-bond acceptors (Lipinski definition) is 6. The van der Waals surface area contributed by atoms with Gasteiger partial charge >= 0.3 is 0 Å². The van der Waals surface area contributed by atoms with Crippen LogP contribution in [-0.4, -0.2) is 46.7 Å². The summed E-state index contributed by atoms with van der Waals surface area (Å²) in [6.45, 7) is 5.92. The van der Waals surface area contributed by atoms with E-state index in [2.05, 4.69) is 27.4 Å². The molecule has 4 atom stereocenters. The fourth-order valence-electron chi connectivity index (χ4n) is 5.84. The van der Waals surface area contributed by atoms with Crippen molar-refractivity contribution in [3.63, 3.8) is 0 Å². The number of amides is 2. The quantitative estimate of drug-likeness (QED) is 0.441. The Morgan fingerprint density at radius 2 is 1.78 bits per heavy atom. The van der Waals surface area contributed by atoms with Crippen molar-refractivity contribution < 1.29 is 14.4 Å². The number of nitrogens with two attached hydrogens (primary N) is 1. The predicted molar refractivity (Wildman–Crippen MR) is 144 cm³/mol. The summed E-state index contributed by atoms with van der Waals surface area (Å²) >= 11 is 0. The Labute approximate surface area is 218 Å².